The summed E-state index contributed by atoms with van der Waals surface area (Å²) in [6.07, 6.45) is -2.22. The molecule has 0 bridgehead atoms. The first-order valence-electron chi connectivity index (χ1n) is 11.6. The van der Waals surface area contributed by atoms with Crippen molar-refractivity contribution in [2.45, 2.75) is 6.36 Å². The van der Waals surface area contributed by atoms with Gasteiger partial charge in [-0.3, -0.25) is 19.5 Å². The summed E-state index contributed by atoms with van der Waals surface area (Å²) in [7, 11) is 1.97. The van der Waals surface area contributed by atoms with Crippen LogP contribution in [0.15, 0.2) is 54.9 Å². The molecule has 0 unspecified atom stereocenters. The molecular weight excluding hydrogens is 525 g/mol. The third kappa shape index (κ3) is 7.40. The monoisotopic (exact) mass is 548 g/mol. The van der Waals surface area contributed by atoms with Crippen LogP contribution in [-0.4, -0.2) is 77.7 Å². The van der Waals surface area contributed by atoms with E-state index in [-0.39, 0.29) is 23.6 Å². The standard InChI is InChI=1S/C25H24ClF3N6O3/c1-34-8-10-35(11-9-34)15-23(36)32-19-12-16(6-7-21(19)38-25(27,28)29)24(37)33-22-14-30-20(13-31-22)17-4-2-3-5-18(17)26/h2-7,12-14H,8-11,15H2,1H3,(H,32,36)(H,31,33,37). The molecule has 1 aliphatic rings. The Morgan fingerprint density at radius 2 is 1.76 bits per heavy atom. The molecule has 0 aliphatic carbocycles. The van der Waals surface area contributed by atoms with E-state index in [1.807, 2.05) is 11.9 Å². The van der Waals surface area contributed by atoms with Gasteiger partial charge in [-0.05, 0) is 31.3 Å². The lowest BCUT2D eigenvalue weighted by Gasteiger charge is -2.31. The number of nitrogens with one attached hydrogen (secondary N) is 2. The van der Waals surface area contributed by atoms with Crippen LogP contribution >= 0.6 is 11.6 Å². The average Bonchev–Trinajstić information content (AvgIpc) is 2.86. The zero-order valence-electron chi connectivity index (χ0n) is 20.3. The number of hydrogen-bond acceptors (Lipinski definition) is 7. The molecule has 0 radical (unpaired) electrons. The number of ether oxygens (including phenoxy) is 1. The van der Waals surface area contributed by atoms with Crippen LogP contribution in [0, 0.1) is 0 Å². The minimum atomic E-state index is -4.99. The Balaban J connectivity index is 1.48. The van der Waals surface area contributed by atoms with E-state index in [1.165, 1.54) is 12.4 Å². The van der Waals surface area contributed by atoms with E-state index in [4.69, 9.17) is 11.6 Å². The molecule has 2 aromatic carbocycles. The van der Waals surface area contributed by atoms with Gasteiger partial charge in [0, 0.05) is 37.3 Å². The molecule has 9 nitrogen and oxygen atoms in total. The number of nitrogens with zero attached hydrogens (tertiary/aromatic N) is 4. The van der Waals surface area contributed by atoms with E-state index in [0.717, 1.165) is 31.3 Å². The summed E-state index contributed by atoms with van der Waals surface area (Å²) >= 11 is 6.17. The van der Waals surface area contributed by atoms with Crippen molar-refractivity contribution < 1.29 is 27.5 Å². The highest BCUT2D eigenvalue weighted by Gasteiger charge is 2.32. The third-order valence-electron chi connectivity index (χ3n) is 5.75. The number of rotatable bonds is 7. The normalized spacial score (nSPS) is 14.7. The van der Waals surface area contributed by atoms with Gasteiger partial charge in [-0.25, -0.2) is 4.98 Å². The molecule has 1 aromatic heterocycles. The first-order chi connectivity index (χ1) is 18.1. The molecule has 1 saturated heterocycles. The number of alkyl halides is 3. The lowest BCUT2D eigenvalue weighted by atomic mass is 10.1. The van der Waals surface area contributed by atoms with Crippen LogP contribution in [0.5, 0.6) is 5.75 Å². The lowest BCUT2D eigenvalue weighted by Crippen LogP contribution is -2.47. The highest BCUT2D eigenvalue weighted by molar-refractivity contribution is 6.33. The average molecular weight is 549 g/mol. The van der Waals surface area contributed by atoms with Gasteiger partial charge in [0.25, 0.3) is 5.91 Å². The number of aromatic nitrogens is 2. The fourth-order valence-electron chi connectivity index (χ4n) is 3.77. The molecule has 0 atom stereocenters. The zero-order valence-corrected chi connectivity index (χ0v) is 21.0. The van der Waals surface area contributed by atoms with Crippen LogP contribution in [-0.2, 0) is 4.79 Å². The van der Waals surface area contributed by atoms with Gasteiger partial charge in [-0.15, -0.1) is 13.2 Å². The van der Waals surface area contributed by atoms with Crippen LogP contribution in [0.25, 0.3) is 11.3 Å². The SMILES string of the molecule is CN1CCN(CC(=O)Nc2cc(C(=O)Nc3cnc(-c4ccccc4Cl)cn3)ccc2OC(F)(F)F)CC1. The van der Waals surface area contributed by atoms with Crippen molar-refractivity contribution in [2.24, 2.45) is 0 Å². The number of likely N-dealkylation sites (N-methyl/N-ethyl adjacent to an activating group) is 1. The summed E-state index contributed by atoms with van der Waals surface area (Å²) < 4.78 is 42.9. The molecule has 200 valence electrons. The van der Waals surface area contributed by atoms with E-state index in [9.17, 15) is 22.8 Å². The quantitative estimate of drug-likeness (QED) is 0.458. The third-order valence-corrected chi connectivity index (χ3v) is 6.08. The van der Waals surface area contributed by atoms with Gasteiger partial charge in [0.2, 0.25) is 5.91 Å². The van der Waals surface area contributed by atoms with Gasteiger partial charge in [0.1, 0.15) is 0 Å². The fraction of sp³-hybridized carbons (Fsp3) is 0.280. The van der Waals surface area contributed by atoms with Crippen molar-refractivity contribution in [3.8, 4) is 17.0 Å². The first kappa shape index (κ1) is 27.3. The number of benzene rings is 2. The van der Waals surface area contributed by atoms with Crippen LogP contribution in [0.4, 0.5) is 24.7 Å². The van der Waals surface area contributed by atoms with Crippen LogP contribution in [0.1, 0.15) is 10.4 Å². The summed E-state index contributed by atoms with van der Waals surface area (Å²) in [4.78, 5) is 37.8. The molecule has 2 N–H and O–H groups in total. The number of carbonyl (C=O) groups is 2. The number of piperazine rings is 1. The molecule has 13 heteroatoms. The Morgan fingerprint density at radius 1 is 1.03 bits per heavy atom. The lowest BCUT2D eigenvalue weighted by molar-refractivity contribution is -0.274. The maximum Gasteiger partial charge on any atom is 0.573 e. The molecule has 38 heavy (non-hydrogen) atoms. The molecule has 4 rings (SSSR count). The van der Waals surface area contributed by atoms with E-state index < -0.39 is 23.9 Å². The maximum atomic E-state index is 12.9. The predicted octanol–water partition coefficient (Wildman–Crippen LogP) is 4.13. The summed E-state index contributed by atoms with van der Waals surface area (Å²) in [5.74, 6) is -1.72. The molecule has 0 spiro atoms. The summed E-state index contributed by atoms with van der Waals surface area (Å²) in [5, 5.41) is 5.47. The van der Waals surface area contributed by atoms with Crippen LogP contribution < -0.4 is 15.4 Å². The first-order valence-corrected chi connectivity index (χ1v) is 11.9. The number of halogens is 4. The zero-order chi connectivity index (χ0) is 27.3. The second-order valence-corrected chi connectivity index (χ2v) is 9.01. The van der Waals surface area contributed by atoms with Gasteiger partial charge >= 0.3 is 6.36 Å². The highest BCUT2D eigenvalue weighted by atomic mass is 35.5. The van der Waals surface area contributed by atoms with Crippen molar-refractivity contribution in [2.75, 3.05) is 50.4 Å². The Labute approximate surface area is 221 Å². The second kappa shape index (κ2) is 11.8. The maximum absolute atomic E-state index is 12.9. The van der Waals surface area contributed by atoms with Gasteiger partial charge in [-0.2, -0.15) is 0 Å². The summed E-state index contributed by atoms with van der Waals surface area (Å²) in [6, 6.07) is 10.3. The topological polar surface area (TPSA) is 99.7 Å². The molecule has 1 fully saturated rings. The molecule has 2 amide bonds. The second-order valence-electron chi connectivity index (χ2n) is 8.61. The number of hydrogen-bond donors (Lipinski definition) is 2. The van der Waals surface area contributed by atoms with Gasteiger partial charge in [-0.1, -0.05) is 29.8 Å². The fourth-order valence-corrected chi connectivity index (χ4v) is 4.00. The van der Waals surface area contributed by atoms with E-state index >= 15 is 0 Å². The highest BCUT2D eigenvalue weighted by Crippen LogP contribution is 2.32. The Hall–Kier alpha value is -3.74. The smallest absolute Gasteiger partial charge is 0.404 e. The molecule has 3 aromatic rings. The Morgan fingerprint density at radius 3 is 2.42 bits per heavy atom. The Kier molecular flexibility index (Phi) is 8.45. The minimum Gasteiger partial charge on any atom is -0.404 e. The van der Waals surface area contributed by atoms with Crippen molar-refractivity contribution in [1.29, 1.82) is 0 Å². The summed E-state index contributed by atoms with van der Waals surface area (Å²) in [6.45, 7) is 2.83. The van der Waals surface area contributed by atoms with Crippen LogP contribution in [0.2, 0.25) is 5.02 Å². The molecule has 2 heterocycles. The van der Waals surface area contributed by atoms with Gasteiger partial charge < -0.3 is 20.3 Å². The molecular formula is C25H24ClF3N6O3. The van der Waals surface area contributed by atoms with Crippen molar-refractivity contribution >= 4 is 34.9 Å². The van der Waals surface area contributed by atoms with Crippen molar-refractivity contribution in [3.63, 3.8) is 0 Å². The minimum absolute atomic E-state index is 0.0108. The molecule has 0 saturated carbocycles. The van der Waals surface area contributed by atoms with Gasteiger partial charge in [0.05, 0.1) is 35.3 Å². The Bertz CT molecular complexity index is 1300. The van der Waals surface area contributed by atoms with Gasteiger partial charge in [0.15, 0.2) is 11.6 Å². The van der Waals surface area contributed by atoms with Crippen LogP contribution in [0.3, 0.4) is 0 Å². The van der Waals surface area contributed by atoms with E-state index in [2.05, 4.69) is 30.2 Å². The predicted molar refractivity (Wildman–Crippen MR) is 136 cm³/mol. The van der Waals surface area contributed by atoms with Crippen molar-refractivity contribution in [3.05, 3.63) is 65.4 Å². The van der Waals surface area contributed by atoms with E-state index in [0.29, 0.717) is 29.4 Å². The number of anilines is 2. The van der Waals surface area contributed by atoms with Crippen molar-refractivity contribution in [1.82, 2.24) is 19.8 Å². The molecule has 1 aliphatic heterocycles. The number of amides is 2. The summed E-state index contributed by atoms with van der Waals surface area (Å²) in [5.41, 5.74) is 0.852. The van der Waals surface area contributed by atoms with E-state index in [1.54, 1.807) is 24.3 Å². The largest absolute Gasteiger partial charge is 0.573 e. The number of carbonyl (C=O) groups excluding carboxylic acids is 2.